The Morgan fingerprint density at radius 1 is 1.07 bits per heavy atom. The molecule has 0 fully saturated rings. The number of aromatic nitrogens is 4. The molecule has 4 rings (SSSR count). The lowest BCUT2D eigenvalue weighted by Crippen LogP contribution is -2.26. The lowest BCUT2D eigenvalue weighted by Gasteiger charge is -2.04. The van der Waals surface area contributed by atoms with E-state index in [1.807, 2.05) is 36.4 Å². The monoisotopic (exact) mass is 403 g/mol. The van der Waals surface area contributed by atoms with Gasteiger partial charge in [-0.2, -0.15) is 4.98 Å². The number of aromatic amines is 1. The summed E-state index contributed by atoms with van der Waals surface area (Å²) < 4.78 is 5.30. The SMILES string of the molecule is CC(C)c1ccc(-c2noc(CCC(=O)NCCc3nc4ccccc4[nH]3)n2)cc1. The fourth-order valence-corrected chi connectivity index (χ4v) is 3.24. The van der Waals surface area contributed by atoms with Gasteiger partial charge in [0.1, 0.15) is 5.82 Å². The van der Waals surface area contributed by atoms with Gasteiger partial charge in [-0.05, 0) is 23.6 Å². The van der Waals surface area contributed by atoms with E-state index in [4.69, 9.17) is 4.52 Å². The number of H-pyrrole nitrogens is 1. The zero-order chi connectivity index (χ0) is 20.9. The number of nitrogens with zero attached hydrogens (tertiary/aromatic N) is 3. The molecule has 0 saturated heterocycles. The maximum atomic E-state index is 12.1. The first-order chi connectivity index (χ1) is 14.6. The zero-order valence-electron chi connectivity index (χ0n) is 17.2. The summed E-state index contributed by atoms with van der Waals surface area (Å²) in [5.74, 6) is 2.30. The van der Waals surface area contributed by atoms with Gasteiger partial charge in [0.15, 0.2) is 0 Å². The second-order valence-electron chi connectivity index (χ2n) is 7.59. The molecule has 0 aliphatic heterocycles. The van der Waals surface area contributed by atoms with Crippen LogP contribution < -0.4 is 5.32 Å². The van der Waals surface area contributed by atoms with Crippen LogP contribution in [0.2, 0.25) is 0 Å². The number of hydrogen-bond acceptors (Lipinski definition) is 5. The first kappa shape index (κ1) is 19.8. The van der Waals surface area contributed by atoms with Crippen LogP contribution in [0.4, 0.5) is 0 Å². The van der Waals surface area contributed by atoms with Crippen molar-refractivity contribution in [3.05, 3.63) is 65.8 Å². The van der Waals surface area contributed by atoms with Crippen LogP contribution in [0.1, 0.15) is 43.5 Å². The minimum atomic E-state index is -0.0489. The minimum Gasteiger partial charge on any atom is -0.356 e. The van der Waals surface area contributed by atoms with Gasteiger partial charge in [-0.15, -0.1) is 0 Å². The van der Waals surface area contributed by atoms with Crippen molar-refractivity contribution in [3.63, 3.8) is 0 Å². The number of carbonyl (C=O) groups is 1. The van der Waals surface area contributed by atoms with Crippen LogP contribution in [0.15, 0.2) is 53.1 Å². The lowest BCUT2D eigenvalue weighted by molar-refractivity contribution is -0.121. The van der Waals surface area contributed by atoms with Crippen molar-refractivity contribution in [3.8, 4) is 11.4 Å². The minimum absolute atomic E-state index is 0.0489. The fourth-order valence-electron chi connectivity index (χ4n) is 3.24. The molecule has 0 aliphatic carbocycles. The van der Waals surface area contributed by atoms with E-state index in [1.165, 1.54) is 5.56 Å². The summed E-state index contributed by atoms with van der Waals surface area (Å²) >= 11 is 0. The van der Waals surface area contributed by atoms with Gasteiger partial charge in [-0.25, -0.2) is 4.98 Å². The predicted molar refractivity (Wildman–Crippen MR) is 115 cm³/mol. The Balaban J connectivity index is 1.24. The molecule has 2 aromatic carbocycles. The van der Waals surface area contributed by atoms with Crippen molar-refractivity contribution >= 4 is 16.9 Å². The van der Waals surface area contributed by atoms with Gasteiger partial charge in [0, 0.05) is 31.4 Å². The molecule has 4 aromatic rings. The highest BCUT2D eigenvalue weighted by molar-refractivity contribution is 5.76. The van der Waals surface area contributed by atoms with Gasteiger partial charge in [0.2, 0.25) is 17.6 Å². The Morgan fingerprint density at radius 2 is 1.87 bits per heavy atom. The molecule has 0 spiro atoms. The fraction of sp³-hybridized carbons (Fsp3) is 0.304. The summed E-state index contributed by atoms with van der Waals surface area (Å²) in [5.41, 5.74) is 4.11. The largest absolute Gasteiger partial charge is 0.356 e. The van der Waals surface area contributed by atoms with Crippen molar-refractivity contribution < 1.29 is 9.32 Å². The number of benzene rings is 2. The molecule has 1 amide bonds. The van der Waals surface area contributed by atoms with Crippen molar-refractivity contribution in [1.82, 2.24) is 25.4 Å². The average molecular weight is 403 g/mol. The van der Waals surface area contributed by atoms with Gasteiger partial charge < -0.3 is 14.8 Å². The molecule has 154 valence electrons. The molecule has 0 bridgehead atoms. The normalized spacial score (nSPS) is 11.3. The van der Waals surface area contributed by atoms with Crippen molar-refractivity contribution in [2.45, 2.75) is 39.0 Å². The van der Waals surface area contributed by atoms with Gasteiger partial charge in [0.25, 0.3) is 0 Å². The maximum Gasteiger partial charge on any atom is 0.227 e. The highest BCUT2D eigenvalue weighted by atomic mass is 16.5. The van der Waals surface area contributed by atoms with Crippen LogP contribution in [0, 0.1) is 0 Å². The molecular formula is C23H25N5O2. The van der Waals surface area contributed by atoms with E-state index in [1.54, 1.807) is 0 Å². The third kappa shape index (κ3) is 4.74. The molecule has 7 nitrogen and oxygen atoms in total. The number of carbonyl (C=O) groups excluding carboxylic acids is 1. The number of imidazole rings is 1. The van der Waals surface area contributed by atoms with Gasteiger partial charge in [-0.1, -0.05) is 55.4 Å². The standard InChI is InChI=1S/C23H25N5O2/c1-15(2)16-7-9-17(10-8-16)23-27-22(30-28-23)12-11-21(29)24-14-13-20-25-18-5-3-4-6-19(18)26-20/h3-10,15H,11-14H2,1-2H3,(H,24,29)(H,25,26). The molecule has 2 N–H and O–H groups in total. The second kappa shape index (κ2) is 8.90. The molecule has 7 heteroatoms. The first-order valence-corrected chi connectivity index (χ1v) is 10.2. The van der Waals surface area contributed by atoms with E-state index in [-0.39, 0.29) is 5.91 Å². The lowest BCUT2D eigenvalue weighted by atomic mass is 10.0. The molecule has 0 saturated carbocycles. The summed E-state index contributed by atoms with van der Waals surface area (Å²) in [7, 11) is 0. The van der Waals surface area contributed by atoms with E-state index in [9.17, 15) is 4.79 Å². The number of hydrogen-bond donors (Lipinski definition) is 2. The van der Waals surface area contributed by atoms with E-state index in [2.05, 4.69) is 51.4 Å². The van der Waals surface area contributed by atoms with Gasteiger partial charge in [-0.3, -0.25) is 4.79 Å². The number of nitrogens with one attached hydrogen (secondary N) is 2. The van der Waals surface area contributed by atoms with Crippen LogP contribution in [0.3, 0.4) is 0 Å². The van der Waals surface area contributed by atoms with Crippen molar-refractivity contribution in [1.29, 1.82) is 0 Å². The summed E-state index contributed by atoms with van der Waals surface area (Å²) in [5, 5.41) is 6.94. The van der Waals surface area contributed by atoms with E-state index in [0.29, 0.717) is 43.4 Å². The first-order valence-electron chi connectivity index (χ1n) is 10.2. The number of para-hydroxylation sites is 2. The molecule has 0 aliphatic rings. The molecule has 30 heavy (non-hydrogen) atoms. The van der Waals surface area contributed by atoms with Crippen LogP contribution in [0.25, 0.3) is 22.4 Å². The summed E-state index contributed by atoms with van der Waals surface area (Å²) in [6.07, 6.45) is 1.36. The predicted octanol–water partition coefficient (Wildman–Crippen LogP) is 4.03. The Kier molecular flexibility index (Phi) is 5.88. The highest BCUT2D eigenvalue weighted by Gasteiger charge is 2.11. The highest BCUT2D eigenvalue weighted by Crippen LogP contribution is 2.20. The Hall–Kier alpha value is -3.48. The quantitative estimate of drug-likeness (QED) is 0.463. The van der Waals surface area contributed by atoms with Crippen LogP contribution >= 0.6 is 0 Å². The van der Waals surface area contributed by atoms with E-state index in [0.717, 1.165) is 22.4 Å². The maximum absolute atomic E-state index is 12.1. The Morgan fingerprint density at radius 3 is 2.63 bits per heavy atom. The topological polar surface area (TPSA) is 96.7 Å². The van der Waals surface area contributed by atoms with Gasteiger partial charge >= 0.3 is 0 Å². The zero-order valence-corrected chi connectivity index (χ0v) is 17.2. The molecule has 0 atom stereocenters. The third-order valence-electron chi connectivity index (χ3n) is 4.99. The molecule has 0 unspecified atom stereocenters. The number of aryl methyl sites for hydroxylation is 1. The summed E-state index contributed by atoms with van der Waals surface area (Å²) in [6.45, 7) is 4.84. The van der Waals surface area contributed by atoms with Crippen molar-refractivity contribution in [2.24, 2.45) is 0 Å². The van der Waals surface area contributed by atoms with Gasteiger partial charge in [0.05, 0.1) is 11.0 Å². The molecular weight excluding hydrogens is 378 g/mol. The number of amides is 1. The summed E-state index contributed by atoms with van der Waals surface area (Å²) in [4.78, 5) is 24.3. The van der Waals surface area contributed by atoms with Crippen LogP contribution in [0.5, 0.6) is 0 Å². The third-order valence-corrected chi connectivity index (χ3v) is 4.99. The number of fused-ring (bicyclic) bond motifs is 1. The second-order valence-corrected chi connectivity index (χ2v) is 7.59. The van der Waals surface area contributed by atoms with Crippen LogP contribution in [-0.2, 0) is 17.6 Å². The smallest absolute Gasteiger partial charge is 0.227 e. The van der Waals surface area contributed by atoms with Crippen LogP contribution in [-0.4, -0.2) is 32.6 Å². The Bertz CT molecular complexity index is 1090. The van der Waals surface area contributed by atoms with E-state index < -0.39 is 0 Å². The van der Waals surface area contributed by atoms with E-state index >= 15 is 0 Å². The average Bonchev–Trinajstić information content (AvgIpc) is 3.39. The summed E-state index contributed by atoms with van der Waals surface area (Å²) in [6, 6.07) is 16.0. The molecule has 2 aromatic heterocycles. The number of rotatable bonds is 8. The molecule has 0 radical (unpaired) electrons. The van der Waals surface area contributed by atoms with Crippen molar-refractivity contribution in [2.75, 3.05) is 6.54 Å². The molecule has 2 heterocycles. The Labute approximate surface area is 174 Å².